The summed E-state index contributed by atoms with van der Waals surface area (Å²) in [6.45, 7) is 1.94. The number of nitrogens with zero attached hydrogens (tertiary/aromatic N) is 2. The number of halogens is 5. The number of rotatable bonds is 10. The predicted molar refractivity (Wildman–Crippen MR) is 137 cm³/mol. The molecule has 7 nitrogen and oxygen atoms in total. The van der Waals surface area contributed by atoms with Gasteiger partial charge in [-0.1, -0.05) is 11.6 Å². The van der Waals surface area contributed by atoms with Crippen LogP contribution in [0.2, 0.25) is 5.02 Å². The maximum atomic E-state index is 14.6. The molecule has 1 aliphatic heterocycles. The zero-order valence-electron chi connectivity index (χ0n) is 20.9. The molecule has 5 rings (SSSR count). The van der Waals surface area contributed by atoms with E-state index in [-0.39, 0.29) is 29.9 Å². The van der Waals surface area contributed by atoms with E-state index < -0.39 is 18.8 Å². The smallest absolute Gasteiger partial charge is 0.381 e. The molecule has 0 spiro atoms. The lowest BCUT2D eigenvalue weighted by Crippen LogP contribution is -2.39. The van der Waals surface area contributed by atoms with Crippen LogP contribution in [-0.2, 0) is 9.47 Å². The van der Waals surface area contributed by atoms with Crippen LogP contribution in [0.1, 0.15) is 38.5 Å². The first-order valence-electron chi connectivity index (χ1n) is 13.1. The van der Waals surface area contributed by atoms with Gasteiger partial charge in [0.25, 0.3) is 0 Å². The van der Waals surface area contributed by atoms with Crippen molar-refractivity contribution in [1.82, 2.24) is 15.3 Å². The molecule has 2 aromatic rings. The summed E-state index contributed by atoms with van der Waals surface area (Å²) in [4.78, 5) is 8.94. The minimum atomic E-state index is -4.60. The van der Waals surface area contributed by atoms with Gasteiger partial charge in [0.15, 0.2) is 11.6 Å². The summed E-state index contributed by atoms with van der Waals surface area (Å²) >= 11 is 6.45. The van der Waals surface area contributed by atoms with E-state index in [0.717, 1.165) is 51.7 Å². The van der Waals surface area contributed by atoms with Gasteiger partial charge in [-0.05, 0) is 68.1 Å². The zero-order valence-corrected chi connectivity index (χ0v) is 21.7. The van der Waals surface area contributed by atoms with Crippen molar-refractivity contribution in [3.05, 3.63) is 35.2 Å². The van der Waals surface area contributed by atoms with E-state index in [1.165, 1.54) is 6.07 Å². The molecular weight excluding hydrogens is 526 g/mol. The standard InChI is InChI=1S/C26H32ClF4N5O2/c27-20-13-33-23(35-18-3-1-17(2-4-18)32-8-10-38-26(29,30)31)11-19(20)22-6-5-21(28)24(36-22)34-15-25-7-9-37-14-16(25)12-25/h5-6,11,13,16-18,32H,1-4,7-10,12,14-15H2,(H,33,35)(H,34,36)/t16?,17-,18-,25?. The fourth-order valence-corrected chi connectivity index (χ4v) is 5.75. The van der Waals surface area contributed by atoms with Crippen molar-refractivity contribution < 1.29 is 27.0 Å². The maximum Gasteiger partial charge on any atom is 0.522 e. The van der Waals surface area contributed by atoms with Gasteiger partial charge < -0.3 is 20.7 Å². The first-order valence-corrected chi connectivity index (χ1v) is 13.4. The number of anilines is 2. The molecular formula is C26H32ClF4N5O2. The van der Waals surface area contributed by atoms with Crippen LogP contribution in [0.4, 0.5) is 29.2 Å². The Morgan fingerprint density at radius 3 is 2.71 bits per heavy atom. The molecule has 0 amide bonds. The second kappa shape index (κ2) is 11.5. The Morgan fingerprint density at radius 1 is 1.16 bits per heavy atom. The fraction of sp³-hybridized carbons (Fsp3) is 0.615. The number of pyridine rings is 2. The minimum absolute atomic E-state index is 0.152. The van der Waals surface area contributed by atoms with Gasteiger partial charge in [0.2, 0.25) is 0 Å². The summed E-state index contributed by atoms with van der Waals surface area (Å²) in [6.07, 6.45) is 2.36. The maximum absolute atomic E-state index is 14.6. The molecule has 0 radical (unpaired) electrons. The first kappa shape index (κ1) is 27.4. The summed E-state index contributed by atoms with van der Waals surface area (Å²) < 4.78 is 60.2. The van der Waals surface area contributed by atoms with Gasteiger partial charge in [0.05, 0.1) is 17.3 Å². The Hall–Kier alpha value is -2.21. The highest BCUT2D eigenvalue weighted by molar-refractivity contribution is 6.33. The third-order valence-corrected chi connectivity index (χ3v) is 8.19. The highest BCUT2D eigenvalue weighted by Gasteiger charge is 2.55. The van der Waals surface area contributed by atoms with E-state index in [2.05, 4.69) is 30.7 Å². The number of nitrogens with one attached hydrogen (secondary N) is 3. The molecule has 1 saturated heterocycles. The van der Waals surface area contributed by atoms with E-state index in [1.807, 2.05) is 6.07 Å². The molecule has 0 aromatic carbocycles. The summed E-state index contributed by atoms with van der Waals surface area (Å²) in [6, 6.07) is 5.15. The molecule has 38 heavy (non-hydrogen) atoms. The lowest BCUT2D eigenvalue weighted by atomic mass is 9.91. The van der Waals surface area contributed by atoms with Gasteiger partial charge in [-0.25, -0.2) is 14.4 Å². The van der Waals surface area contributed by atoms with Crippen LogP contribution in [0.25, 0.3) is 11.3 Å². The number of fused-ring (bicyclic) bond motifs is 1. The van der Waals surface area contributed by atoms with Crippen molar-refractivity contribution in [2.75, 3.05) is 43.5 Å². The predicted octanol–water partition coefficient (Wildman–Crippen LogP) is 5.62. The Labute approximate surface area is 224 Å². The summed E-state index contributed by atoms with van der Waals surface area (Å²) in [5, 5.41) is 10.2. The Kier molecular flexibility index (Phi) is 8.27. The van der Waals surface area contributed by atoms with Gasteiger partial charge in [0.1, 0.15) is 5.82 Å². The fourth-order valence-electron chi connectivity index (χ4n) is 5.55. The summed E-state index contributed by atoms with van der Waals surface area (Å²) in [5.74, 6) is 0.977. The zero-order chi connectivity index (χ0) is 26.8. The molecule has 2 atom stereocenters. The van der Waals surface area contributed by atoms with Gasteiger partial charge in [0, 0.05) is 50.1 Å². The van der Waals surface area contributed by atoms with Gasteiger partial charge in [-0.2, -0.15) is 0 Å². The van der Waals surface area contributed by atoms with E-state index in [9.17, 15) is 17.6 Å². The third kappa shape index (κ3) is 6.86. The molecule has 2 aliphatic carbocycles. The van der Waals surface area contributed by atoms with E-state index in [4.69, 9.17) is 16.3 Å². The Morgan fingerprint density at radius 2 is 1.95 bits per heavy atom. The molecule has 0 bridgehead atoms. The number of ether oxygens (including phenoxy) is 2. The van der Waals surface area contributed by atoms with E-state index >= 15 is 0 Å². The topological polar surface area (TPSA) is 80.3 Å². The van der Waals surface area contributed by atoms with Crippen LogP contribution in [0.5, 0.6) is 0 Å². The van der Waals surface area contributed by atoms with Crippen molar-refractivity contribution in [3.8, 4) is 11.3 Å². The van der Waals surface area contributed by atoms with Crippen LogP contribution in [-0.4, -0.2) is 61.3 Å². The van der Waals surface area contributed by atoms with Crippen LogP contribution < -0.4 is 16.0 Å². The van der Waals surface area contributed by atoms with Crippen LogP contribution in [0, 0.1) is 17.2 Å². The highest BCUT2D eigenvalue weighted by atomic mass is 35.5. The number of hydrogen-bond acceptors (Lipinski definition) is 7. The van der Waals surface area contributed by atoms with Crippen molar-refractivity contribution >= 4 is 23.2 Å². The Bertz CT molecular complexity index is 1120. The van der Waals surface area contributed by atoms with Crippen LogP contribution in [0.15, 0.2) is 24.4 Å². The molecule has 3 N–H and O–H groups in total. The van der Waals surface area contributed by atoms with Crippen molar-refractivity contribution in [2.45, 2.75) is 57.0 Å². The number of alkyl halides is 3. The molecule has 3 fully saturated rings. The molecule has 12 heteroatoms. The second-order valence-electron chi connectivity index (χ2n) is 10.5. The molecule has 2 unspecified atom stereocenters. The SMILES string of the molecule is Fc1ccc(-c2cc(N[C@H]3CC[C@H](NCCOC(F)(F)F)CC3)ncc2Cl)nc1NCC12CCOCC1C2. The number of hydrogen-bond donors (Lipinski definition) is 3. The van der Waals surface area contributed by atoms with Gasteiger partial charge in [-0.3, -0.25) is 4.74 Å². The largest absolute Gasteiger partial charge is 0.522 e. The van der Waals surface area contributed by atoms with E-state index in [1.54, 1.807) is 12.3 Å². The number of aromatic nitrogens is 2. The third-order valence-electron chi connectivity index (χ3n) is 7.89. The second-order valence-corrected chi connectivity index (χ2v) is 10.9. The lowest BCUT2D eigenvalue weighted by molar-refractivity contribution is -0.323. The van der Waals surface area contributed by atoms with Crippen molar-refractivity contribution in [2.24, 2.45) is 11.3 Å². The first-order chi connectivity index (χ1) is 18.2. The van der Waals surface area contributed by atoms with Crippen molar-refractivity contribution in [1.29, 1.82) is 0 Å². The van der Waals surface area contributed by atoms with Crippen LogP contribution >= 0.6 is 11.6 Å². The molecule has 3 aliphatic rings. The van der Waals surface area contributed by atoms with Crippen LogP contribution in [0.3, 0.4) is 0 Å². The quantitative estimate of drug-likeness (QED) is 0.258. The molecule has 3 heterocycles. The van der Waals surface area contributed by atoms with Gasteiger partial charge in [-0.15, -0.1) is 13.2 Å². The average Bonchev–Trinajstić information content (AvgIpc) is 3.63. The normalized spacial score (nSPS) is 27.0. The average molecular weight is 558 g/mol. The molecule has 208 valence electrons. The van der Waals surface area contributed by atoms with Crippen molar-refractivity contribution in [3.63, 3.8) is 0 Å². The lowest BCUT2D eigenvalue weighted by Gasteiger charge is -2.30. The van der Waals surface area contributed by atoms with Gasteiger partial charge >= 0.3 is 6.36 Å². The highest BCUT2D eigenvalue weighted by Crippen LogP contribution is 2.57. The molecule has 2 saturated carbocycles. The minimum Gasteiger partial charge on any atom is -0.381 e. The monoisotopic (exact) mass is 557 g/mol. The Balaban J connectivity index is 1.16. The van der Waals surface area contributed by atoms with E-state index in [0.29, 0.717) is 34.6 Å². The summed E-state index contributed by atoms with van der Waals surface area (Å²) in [5.41, 5.74) is 1.38. The summed E-state index contributed by atoms with van der Waals surface area (Å²) in [7, 11) is 0. The molecule has 2 aromatic heterocycles.